The van der Waals surface area contributed by atoms with Gasteiger partial charge < -0.3 is 10.4 Å². The molecule has 2 rings (SSSR count). The maximum absolute atomic E-state index is 12.0. The van der Waals surface area contributed by atoms with E-state index in [1.54, 1.807) is 12.3 Å². The highest BCUT2D eigenvalue weighted by Gasteiger charge is 2.16. The minimum atomic E-state index is -0.943. The summed E-state index contributed by atoms with van der Waals surface area (Å²) in [6.07, 6.45) is -0.111. The zero-order valence-corrected chi connectivity index (χ0v) is 12.6. The Morgan fingerprint density at radius 1 is 1.38 bits per heavy atom. The molecule has 0 radical (unpaired) electrons. The second-order valence-corrected chi connectivity index (χ2v) is 5.68. The number of thiazole rings is 1. The second kappa shape index (κ2) is 6.49. The van der Waals surface area contributed by atoms with Crippen LogP contribution < -0.4 is 5.32 Å². The molecule has 0 saturated carbocycles. The van der Waals surface area contributed by atoms with E-state index in [1.165, 1.54) is 11.3 Å². The largest absolute Gasteiger partial charge is 0.481 e. The lowest BCUT2D eigenvalue weighted by Crippen LogP contribution is -2.34. The molecule has 2 N–H and O–H groups in total. The smallest absolute Gasteiger partial charge is 0.305 e. The van der Waals surface area contributed by atoms with Crippen molar-refractivity contribution < 1.29 is 14.7 Å². The van der Waals surface area contributed by atoms with Gasteiger partial charge in [-0.25, -0.2) is 4.98 Å². The lowest BCUT2D eigenvalue weighted by atomic mass is 10.1. The van der Waals surface area contributed by atoms with Crippen LogP contribution in [0.15, 0.2) is 29.6 Å². The van der Waals surface area contributed by atoms with E-state index < -0.39 is 12.0 Å². The molecular formula is C15H16N2O3S. The number of nitrogens with zero attached hydrogens (tertiary/aromatic N) is 1. The number of aryl methyl sites for hydroxylation is 1. The van der Waals surface area contributed by atoms with Gasteiger partial charge in [0.05, 0.1) is 6.42 Å². The first-order valence-corrected chi connectivity index (χ1v) is 7.39. The number of hydrogen-bond acceptors (Lipinski definition) is 4. The minimum absolute atomic E-state index is 0.111. The van der Waals surface area contributed by atoms with E-state index in [1.807, 2.05) is 31.2 Å². The standard InChI is InChI=1S/C15H16N2O3S/c1-9-5-3-4-6-11(9)15-17-12(8-21-15)14(20)16-10(2)7-13(18)19/h3-6,8,10H,7H2,1-2H3,(H,16,20)(H,18,19). The van der Waals surface area contributed by atoms with Crippen molar-refractivity contribution in [3.05, 3.63) is 40.9 Å². The van der Waals surface area contributed by atoms with Gasteiger partial charge in [0.1, 0.15) is 10.7 Å². The number of benzene rings is 1. The number of aromatic nitrogens is 1. The number of carbonyl (C=O) groups excluding carboxylic acids is 1. The molecule has 0 aliphatic heterocycles. The molecule has 1 unspecified atom stereocenters. The summed E-state index contributed by atoms with van der Waals surface area (Å²) in [4.78, 5) is 26.9. The molecule has 110 valence electrons. The van der Waals surface area contributed by atoms with Gasteiger partial charge in [-0.05, 0) is 19.4 Å². The third-order valence-electron chi connectivity index (χ3n) is 2.97. The first-order chi connectivity index (χ1) is 9.97. The van der Waals surface area contributed by atoms with Gasteiger partial charge in [0, 0.05) is 17.0 Å². The summed E-state index contributed by atoms with van der Waals surface area (Å²) < 4.78 is 0. The van der Waals surface area contributed by atoms with Crippen LogP contribution in [0.1, 0.15) is 29.4 Å². The maximum atomic E-state index is 12.0. The lowest BCUT2D eigenvalue weighted by molar-refractivity contribution is -0.137. The third-order valence-corrected chi connectivity index (χ3v) is 3.85. The average molecular weight is 304 g/mol. The van der Waals surface area contributed by atoms with Crippen molar-refractivity contribution in [1.29, 1.82) is 0 Å². The van der Waals surface area contributed by atoms with Crippen LogP contribution in [0, 0.1) is 6.92 Å². The van der Waals surface area contributed by atoms with Crippen LogP contribution in [0.25, 0.3) is 10.6 Å². The summed E-state index contributed by atoms with van der Waals surface area (Å²) in [5, 5.41) is 13.8. The molecule has 1 amide bonds. The summed E-state index contributed by atoms with van der Waals surface area (Å²) in [5.41, 5.74) is 2.41. The van der Waals surface area contributed by atoms with Gasteiger partial charge in [-0.15, -0.1) is 11.3 Å². The Bertz CT molecular complexity index is 666. The van der Waals surface area contributed by atoms with Gasteiger partial charge in [0.2, 0.25) is 0 Å². The van der Waals surface area contributed by atoms with E-state index in [0.29, 0.717) is 5.69 Å². The van der Waals surface area contributed by atoms with E-state index in [2.05, 4.69) is 10.3 Å². The number of carbonyl (C=O) groups is 2. The van der Waals surface area contributed by atoms with E-state index >= 15 is 0 Å². The highest BCUT2D eigenvalue weighted by atomic mass is 32.1. The molecule has 0 bridgehead atoms. The lowest BCUT2D eigenvalue weighted by Gasteiger charge is -2.09. The Morgan fingerprint density at radius 2 is 2.10 bits per heavy atom. The normalized spacial score (nSPS) is 11.9. The number of hydrogen-bond donors (Lipinski definition) is 2. The molecule has 1 atom stereocenters. The Hall–Kier alpha value is -2.21. The quantitative estimate of drug-likeness (QED) is 0.890. The zero-order valence-electron chi connectivity index (χ0n) is 11.8. The van der Waals surface area contributed by atoms with Crippen LogP contribution in [-0.4, -0.2) is 28.0 Å². The predicted molar refractivity (Wildman–Crippen MR) is 81.5 cm³/mol. The van der Waals surface area contributed by atoms with Crippen molar-refractivity contribution in [3.63, 3.8) is 0 Å². The van der Waals surface area contributed by atoms with Crippen LogP contribution in [0.3, 0.4) is 0 Å². The fourth-order valence-electron chi connectivity index (χ4n) is 1.93. The SMILES string of the molecule is Cc1ccccc1-c1nc(C(=O)NC(C)CC(=O)O)cs1. The Balaban J connectivity index is 2.11. The number of aliphatic carboxylic acids is 1. The summed E-state index contributed by atoms with van der Waals surface area (Å²) in [5.74, 6) is -1.29. The second-order valence-electron chi connectivity index (χ2n) is 4.83. The molecule has 1 aromatic heterocycles. The van der Waals surface area contributed by atoms with Crippen molar-refractivity contribution in [2.45, 2.75) is 26.3 Å². The van der Waals surface area contributed by atoms with Gasteiger partial charge in [0.25, 0.3) is 5.91 Å². The molecule has 0 saturated heterocycles. The molecule has 0 aliphatic carbocycles. The van der Waals surface area contributed by atoms with Crippen LogP contribution in [-0.2, 0) is 4.79 Å². The van der Waals surface area contributed by atoms with Gasteiger partial charge in [-0.1, -0.05) is 24.3 Å². The summed E-state index contributed by atoms with van der Waals surface area (Å²) >= 11 is 1.40. The van der Waals surface area contributed by atoms with E-state index in [9.17, 15) is 9.59 Å². The van der Waals surface area contributed by atoms with Crippen LogP contribution in [0.4, 0.5) is 0 Å². The predicted octanol–water partition coefficient (Wildman–Crippen LogP) is 2.71. The topological polar surface area (TPSA) is 79.3 Å². The molecule has 1 aromatic carbocycles. The minimum Gasteiger partial charge on any atom is -0.481 e. The molecule has 0 fully saturated rings. The fourth-order valence-corrected chi connectivity index (χ4v) is 2.82. The van der Waals surface area contributed by atoms with Gasteiger partial charge in [-0.3, -0.25) is 9.59 Å². The van der Waals surface area contributed by atoms with Crippen molar-refractivity contribution >= 4 is 23.2 Å². The van der Waals surface area contributed by atoms with E-state index in [4.69, 9.17) is 5.11 Å². The zero-order chi connectivity index (χ0) is 15.4. The van der Waals surface area contributed by atoms with E-state index in [-0.39, 0.29) is 12.3 Å². The van der Waals surface area contributed by atoms with Gasteiger partial charge in [-0.2, -0.15) is 0 Å². The number of nitrogens with one attached hydrogen (secondary N) is 1. The first kappa shape index (κ1) is 15.2. The fraction of sp³-hybridized carbons (Fsp3) is 0.267. The average Bonchev–Trinajstić information content (AvgIpc) is 2.87. The number of rotatable bonds is 5. The van der Waals surface area contributed by atoms with Crippen molar-refractivity contribution in [3.8, 4) is 10.6 Å². The van der Waals surface area contributed by atoms with Crippen molar-refractivity contribution in [2.24, 2.45) is 0 Å². The molecular weight excluding hydrogens is 288 g/mol. The highest BCUT2D eigenvalue weighted by Crippen LogP contribution is 2.26. The molecule has 0 aliphatic rings. The Morgan fingerprint density at radius 3 is 2.76 bits per heavy atom. The van der Waals surface area contributed by atoms with E-state index in [0.717, 1.165) is 16.1 Å². The Labute approximate surface area is 126 Å². The monoisotopic (exact) mass is 304 g/mol. The molecule has 2 aromatic rings. The molecule has 21 heavy (non-hydrogen) atoms. The highest BCUT2D eigenvalue weighted by molar-refractivity contribution is 7.13. The number of amides is 1. The van der Waals surface area contributed by atoms with Crippen LogP contribution in [0.5, 0.6) is 0 Å². The molecule has 5 nitrogen and oxygen atoms in total. The Kier molecular flexibility index (Phi) is 4.70. The summed E-state index contributed by atoms with van der Waals surface area (Å²) in [6.45, 7) is 3.64. The third kappa shape index (κ3) is 3.88. The number of carboxylic acids is 1. The first-order valence-electron chi connectivity index (χ1n) is 6.51. The van der Waals surface area contributed by atoms with Gasteiger partial charge >= 0.3 is 5.97 Å². The van der Waals surface area contributed by atoms with Gasteiger partial charge in [0.15, 0.2) is 0 Å². The maximum Gasteiger partial charge on any atom is 0.305 e. The molecule has 1 heterocycles. The van der Waals surface area contributed by atoms with Crippen LogP contribution in [0.2, 0.25) is 0 Å². The van der Waals surface area contributed by atoms with Crippen LogP contribution >= 0.6 is 11.3 Å². The molecule has 0 spiro atoms. The van der Waals surface area contributed by atoms with Crippen molar-refractivity contribution in [2.75, 3.05) is 0 Å². The number of carboxylic acid groups (broad SMARTS) is 1. The molecule has 6 heteroatoms. The van der Waals surface area contributed by atoms with Crippen molar-refractivity contribution in [1.82, 2.24) is 10.3 Å². The summed E-state index contributed by atoms with van der Waals surface area (Å²) in [6, 6.07) is 7.40. The summed E-state index contributed by atoms with van der Waals surface area (Å²) in [7, 11) is 0.